The van der Waals surface area contributed by atoms with Crippen molar-refractivity contribution in [2.24, 2.45) is 0 Å². The van der Waals surface area contributed by atoms with Gasteiger partial charge in [0.25, 0.3) is 0 Å². The zero-order valence-electron chi connectivity index (χ0n) is 12.6. The lowest BCUT2D eigenvalue weighted by molar-refractivity contribution is -0.115. The van der Waals surface area contributed by atoms with Crippen LogP contribution in [-0.4, -0.2) is 26.3 Å². The van der Waals surface area contributed by atoms with E-state index in [0.29, 0.717) is 9.47 Å². The predicted molar refractivity (Wildman–Crippen MR) is 94.8 cm³/mol. The van der Waals surface area contributed by atoms with Gasteiger partial charge in [-0.3, -0.25) is 9.78 Å². The van der Waals surface area contributed by atoms with Gasteiger partial charge < -0.3 is 11.1 Å². The molecule has 0 aliphatic rings. The maximum absolute atomic E-state index is 12.5. The summed E-state index contributed by atoms with van der Waals surface area (Å²) in [5, 5.41) is 11.7. The second kappa shape index (κ2) is 6.51. The highest BCUT2D eigenvalue weighted by Gasteiger charge is 2.18. The van der Waals surface area contributed by atoms with E-state index in [4.69, 9.17) is 5.73 Å². The van der Waals surface area contributed by atoms with Gasteiger partial charge in [0.1, 0.15) is 0 Å². The van der Waals surface area contributed by atoms with Crippen LogP contribution in [0.2, 0.25) is 0 Å². The summed E-state index contributed by atoms with van der Waals surface area (Å²) in [6.07, 6.45) is 0. The maximum Gasteiger partial charge on any atom is 0.237 e. The minimum atomic E-state index is -0.311. The summed E-state index contributed by atoms with van der Waals surface area (Å²) in [5.41, 5.74) is 8.04. The third kappa shape index (κ3) is 3.59. The minimum absolute atomic E-state index is 0.0977. The lowest BCUT2D eigenvalue weighted by Crippen LogP contribution is -2.22. The number of aryl methyl sites for hydroxylation is 1. The van der Waals surface area contributed by atoms with Gasteiger partial charge in [-0.25, -0.2) is 0 Å². The number of carbonyl (C=O) groups excluding carboxylic acids is 1. The van der Waals surface area contributed by atoms with Crippen LogP contribution in [0.3, 0.4) is 0 Å². The van der Waals surface area contributed by atoms with Crippen LogP contribution in [0.15, 0.2) is 34.7 Å². The second-order valence-electron chi connectivity index (χ2n) is 4.98. The maximum atomic E-state index is 12.5. The van der Waals surface area contributed by atoms with E-state index in [9.17, 15) is 4.79 Å². The summed E-state index contributed by atoms with van der Waals surface area (Å²) >= 11 is 2.61. The van der Waals surface area contributed by atoms with Crippen molar-refractivity contribution in [1.82, 2.24) is 15.2 Å². The molecule has 1 unspecified atom stereocenters. The van der Waals surface area contributed by atoms with Crippen molar-refractivity contribution in [3.8, 4) is 0 Å². The first-order valence-electron chi connectivity index (χ1n) is 6.96. The average Bonchev–Trinajstić information content (AvgIpc) is 2.92. The van der Waals surface area contributed by atoms with Crippen molar-refractivity contribution in [2.75, 3.05) is 11.1 Å². The van der Waals surface area contributed by atoms with E-state index in [1.165, 1.54) is 23.1 Å². The number of nitrogens with one attached hydrogen (secondary N) is 1. The van der Waals surface area contributed by atoms with Crippen LogP contribution in [0.5, 0.6) is 0 Å². The smallest absolute Gasteiger partial charge is 0.237 e. The van der Waals surface area contributed by atoms with E-state index >= 15 is 0 Å². The number of aromatic nitrogens is 3. The number of rotatable bonds is 4. The van der Waals surface area contributed by atoms with Gasteiger partial charge in [0.05, 0.1) is 16.5 Å². The molecule has 0 aliphatic carbocycles. The van der Waals surface area contributed by atoms with Gasteiger partial charge in [0.2, 0.25) is 11.0 Å². The molecule has 2 heterocycles. The van der Waals surface area contributed by atoms with Crippen LogP contribution in [0, 0.1) is 6.92 Å². The quantitative estimate of drug-likeness (QED) is 0.706. The Balaban J connectivity index is 1.79. The van der Waals surface area contributed by atoms with Crippen molar-refractivity contribution >= 4 is 50.7 Å². The molecule has 1 atom stereocenters. The fraction of sp³-hybridized carbons (Fsp3) is 0.200. The summed E-state index contributed by atoms with van der Waals surface area (Å²) < 4.78 is 0.681. The third-order valence-electron chi connectivity index (χ3n) is 3.17. The molecule has 1 aromatic carbocycles. The molecule has 3 N–H and O–H groups in total. The number of nitrogens with zero attached hydrogens (tertiary/aromatic N) is 3. The fourth-order valence-corrected chi connectivity index (χ4v) is 3.90. The minimum Gasteiger partial charge on any atom is -0.374 e. The first-order chi connectivity index (χ1) is 11.0. The molecule has 0 aliphatic heterocycles. The summed E-state index contributed by atoms with van der Waals surface area (Å²) in [4.78, 5) is 16.9. The molecule has 2 aromatic heterocycles. The zero-order valence-corrected chi connectivity index (χ0v) is 14.2. The Morgan fingerprint density at radius 2 is 2.13 bits per heavy atom. The van der Waals surface area contributed by atoms with Gasteiger partial charge in [-0.1, -0.05) is 41.3 Å². The topological polar surface area (TPSA) is 93.8 Å². The van der Waals surface area contributed by atoms with Crippen molar-refractivity contribution in [1.29, 1.82) is 0 Å². The van der Waals surface area contributed by atoms with Crippen LogP contribution in [0.1, 0.15) is 12.6 Å². The van der Waals surface area contributed by atoms with Crippen LogP contribution in [-0.2, 0) is 4.79 Å². The van der Waals surface area contributed by atoms with Crippen LogP contribution < -0.4 is 11.1 Å². The van der Waals surface area contributed by atoms with Crippen LogP contribution >= 0.6 is 23.1 Å². The molecule has 8 heteroatoms. The first-order valence-corrected chi connectivity index (χ1v) is 8.65. The molecule has 3 aromatic rings. The van der Waals surface area contributed by atoms with Crippen LogP contribution in [0.4, 0.5) is 10.8 Å². The highest BCUT2D eigenvalue weighted by molar-refractivity contribution is 8.02. The number of amides is 1. The monoisotopic (exact) mass is 345 g/mol. The number of nitrogens with two attached hydrogens (primary N) is 1. The number of pyridine rings is 1. The van der Waals surface area contributed by atoms with E-state index in [2.05, 4.69) is 20.5 Å². The normalized spacial score (nSPS) is 12.3. The van der Waals surface area contributed by atoms with E-state index in [0.717, 1.165) is 22.3 Å². The van der Waals surface area contributed by atoms with E-state index in [-0.39, 0.29) is 11.2 Å². The van der Waals surface area contributed by atoms with Crippen molar-refractivity contribution < 1.29 is 4.79 Å². The molecular formula is C15H15N5OS2. The van der Waals surface area contributed by atoms with E-state index < -0.39 is 0 Å². The van der Waals surface area contributed by atoms with Gasteiger partial charge in [-0.05, 0) is 26.0 Å². The van der Waals surface area contributed by atoms with E-state index in [1.807, 2.05) is 44.2 Å². The summed E-state index contributed by atoms with van der Waals surface area (Å²) in [6.45, 7) is 3.73. The highest BCUT2D eigenvalue weighted by Crippen LogP contribution is 2.29. The van der Waals surface area contributed by atoms with Gasteiger partial charge in [0, 0.05) is 11.1 Å². The van der Waals surface area contributed by atoms with Crippen molar-refractivity contribution in [3.05, 3.63) is 36.0 Å². The molecule has 0 spiro atoms. The molecule has 0 saturated carbocycles. The Kier molecular flexibility index (Phi) is 4.44. The summed E-state index contributed by atoms with van der Waals surface area (Å²) in [5.74, 6) is -0.0977. The molecular weight excluding hydrogens is 330 g/mol. The Hall–Kier alpha value is -2.19. The standard InChI is InChI=1S/C15H15N5OS2/c1-8-7-12(10-5-3-4-6-11(10)17-8)18-13(21)9(2)22-15-20-19-14(16)23-15/h3-7,9H,1-2H3,(H2,16,19)(H,17,18,21). The molecule has 0 radical (unpaired) electrons. The molecule has 3 rings (SSSR count). The molecule has 0 saturated heterocycles. The third-order valence-corrected chi connectivity index (χ3v) is 5.11. The number of thioether (sulfide) groups is 1. The predicted octanol–water partition coefficient (Wildman–Crippen LogP) is 3.10. The number of para-hydroxylation sites is 1. The van der Waals surface area contributed by atoms with E-state index in [1.54, 1.807) is 0 Å². The number of nitrogen functional groups attached to an aromatic ring is 1. The van der Waals surface area contributed by atoms with Gasteiger partial charge in [0.15, 0.2) is 4.34 Å². The molecule has 118 valence electrons. The van der Waals surface area contributed by atoms with Gasteiger partial charge in [-0.2, -0.15) is 0 Å². The SMILES string of the molecule is Cc1cc(NC(=O)C(C)Sc2nnc(N)s2)c2ccccc2n1. The highest BCUT2D eigenvalue weighted by atomic mass is 32.2. The molecule has 1 amide bonds. The summed E-state index contributed by atoms with van der Waals surface area (Å²) in [6, 6.07) is 9.61. The Morgan fingerprint density at radius 3 is 2.87 bits per heavy atom. The van der Waals surface area contributed by atoms with Crippen LogP contribution in [0.25, 0.3) is 10.9 Å². The Labute approximate surface area is 141 Å². The number of benzene rings is 1. The number of hydrogen-bond donors (Lipinski definition) is 2. The number of carbonyl (C=O) groups is 1. The molecule has 23 heavy (non-hydrogen) atoms. The van der Waals surface area contributed by atoms with Gasteiger partial charge in [-0.15, -0.1) is 10.2 Å². The Bertz CT molecular complexity index is 864. The number of fused-ring (bicyclic) bond motifs is 1. The number of anilines is 2. The molecule has 0 bridgehead atoms. The lowest BCUT2D eigenvalue weighted by Gasteiger charge is -2.13. The first kappa shape index (κ1) is 15.7. The largest absolute Gasteiger partial charge is 0.374 e. The zero-order chi connectivity index (χ0) is 16.4. The molecule has 0 fully saturated rings. The summed E-state index contributed by atoms with van der Waals surface area (Å²) in [7, 11) is 0. The van der Waals surface area contributed by atoms with Crippen molar-refractivity contribution in [2.45, 2.75) is 23.4 Å². The second-order valence-corrected chi connectivity index (χ2v) is 7.58. The number of hydrogen-bond acceptors (Lipinski definition) is 7. The van der Waals surface area contributed by atoms with Gasteiger partial charge >= 0.3 is 0 Å². The average molecular weight is 345 g/mol. The fourth-order valence-electron chi connectivity index (χ4n) is 2.12. The Morgan fingerprint density at radius 1 is 1.35 bits per heavy atom. The van der Waals surface area contributed by atoms with Crippen molar-refractivity contribution in [3.63, 3.8) is 0 Å². The molecule has 6 nitrogen and oxygen atoms in total. The lowest BCUT2D eigenvalue weighted by atomic mass is 10.1.